The molecular formula is C15H20N2. The monoisotopic (exact) mass is 228 g/mol. The summed E-state index contributed by atoms with van der Waals surface area (Å²) in [4.78, 5) is 0. The number of nitrogens with zero attached hydrogens (tertiary/aromatic N) is 2. The molecule has 0 saturated heterocycles. The van der Waals surface area contributed by atoms with E-state index in [0.717, 1.165) is 25.8 Å². The molecule has 0 aliphatic heterocycles. The Morgan fingerprint density at radius 1 is 1.12 bits per heavy atom. The van der Waals surface area contributed by atoms with Crippen molar-refractivity contribution in [3.63, 3.8) is 0 Å². The molecule has 0 saturated carbocycles. The molecule has 2 heteroatoms. The lowest BCUT2D eigenvalue weighted by atomic mass is 10.0. The molecule has 17 heavy (non-hydrogen) atoms. The Bertz CT molecular complexity index is 457. The highest BCUT2D eigenvalue weighted by atomic mass is 15.3. The second-order valence-electron chi connectivity index (χ2n) is 4.36. The van der Waals surface area contributed by atoms with E-state index in [0.29, 0.717) is 0 Å². The van der Waals surface area contributed by atoms with Crippen molar-refractivity contribution in [3.8, 4) is 0 Å². The van der Waals surface area contributed by atoms with Gasteiger partial charge in [0.1, 0.15) is 0 Å². The first-order valence-electron chi connectivity index (χ1n) is 6.42. The number of aromatic nitrogens is 2. The number of benzene rings is 1. The van der Waals surface area contributed by atoms with Crippen LogP contribution in [0.25, 0.3) is 0 Å². The second kappa shape index (κ2) is 5.67. The van der Waals surface area contributed by atoms with E-state index in [2.05, 4.69) is 54.0 Å². The van der Waals surface area contributed by atoms with Gasteiger partial charge in [-0.25, -0.2) is 0 Å². The molecule has 0 bridgehead atoms. The van der Waals surface area contributed by atoms with Crippen LogP contribution in [0.1, 0.15) is 37.1 Å². The van der Waals surface area contributed by atoms with Crippen molar-refractivity contribution in [2.45, 2.75) is 39.7 Å². The van der Waals surface area contributed by atoms with E-state index in [9.17, 15) is 0 Å². The van der Waals surface area contributed by atoms with Gasteiger partial charge in [0.15, 0.2) is 0 Å². The van der Waals surface area contributed by atoms with Gasteiger partial charge in [-0.3, -0.25) is 4.68 Å². The van der Waals surface area contributed by atoms with Gasteiger partial charge in [0, 0.05) is 18.7 Å². The molecule has 0 N–H and O–H groups in total. The first-order valence-corrected chi connectivity index (χ1v) is 6.42. The van der Waals surface area contributed by atoms with Crippen molar-refractivity contribution in [2.75, 3.05) is 0 Å². The first kappa shape index (κ1) is 11.9. The maximum atomic E-state index is 4.49. The number of rotatable bonds is 5. The van der Waals surface area contributed by atoms with Crippen LogP contribution in [0.2, 0.25) is 0 Å². The van der Waals surface area contributed by atoms with E-state index in [-0.39, 0.29) is 0 Å². The third-order valence-electron chi connectivity index (χ3n) is 3.04. The Balaban J connectivity index is 2.21. The van der Waals surface area contributed by atoms with E-state index in [1.807, 2.05) is 6.20 Å². The Morgan fingerprint density at radius 3 is 2.53 bits per heavy atom. The highest BCUT2D eigenvalue weighted by molar-refractivity contribution is 5.27. The highest BCUT2D eigenvalue weighted by Crippen LogP contribution is 2.15. The number of hydrogen-bond acceptors (Lipinski definition) is 1. The van der Waals surface area contributed by atoms with Gasteiger partial charge >= 0.3 is 0 Å². The minimum Gasteiger partial charge on any atom is -0.269 e. The predicted octanol–water partition coefficient (Wildman–Crippen LogP) is 3.45. The summed E-state index contributed by atoms with van der Waals surface area (Å²) in [5.41, 5.74) is 4.11. The van der Waals surface area contributed by atoms with Crippen molar-refractivity contribution in [1.82, 2.24) is 9.78 Å². The molecule has 0 amide bonds. The molecule has 1 heterocycles. The summed E-state index contributed by atoms with van der Waals surface area (Å²) < 4.78 is 2.15. The number of aryl methyl sites for hydroxylation is 1. The minimum atomic E-state index is 0.994. The maximum absolute atomic E-state index is 4.49. The molecule has 0 unspecified atom stereocenters. The van der Waals surface area contributed by atoms with Gasteiger partial charge < -0.3 is 0 Å². The van der Waals surface area contributed by atoms with Crippen LogP contribution in [0.3, 0.4) is 0 Å². The summed E-state index contributed by atoms with van der Waals surface area (Å²) in [5.74, 6) is 0. The lowest BCUT2D eigenvalue weighted by Crippen LogP contribution is -2.04. The van der Waals surface area contributed by atoms with Crippen LogP contribution in [0.4, 0.5) is 0 Å². The van der Waals surface area contributed by atoms with Crippen LogP contribution < -0.4 is 0 Å². The van der Waals surface area contributed by atoms with Crippen LogP contribution in [-0.4, -0.2) is 9.78 Å². The van der Waals surface area contributed by atoms with Crippen LogP contribution in [-0.2, 0) is 19.4 Å². The first-order chi connectivity index (χ1) is 8.35. The summed E-state index contributed by atoms with van der Waals surface area (Å²) in [6.07, 6.45) is 5.22. The zero-order valence-electron chi connectivity index (χ0n) is 10.7. The van der Waals surface area contributed by atoms with Gasteiger partial charge in [-0.2, -0.15) is 5.10 Å². The van der Waals surface area contributed by atoms with Crippen molar-refractivity contribution in [1.29, 1.82) is 0 Å². The van der Waals surface area contributed by atoms with Crippen molar-refractivity contribution in [2.24, 2.45) is 0 Å². The standard InChI is InChI=1S/C15H20N2/c1-3-10-17-15(4-2)14(12-16-17)11-13-8-6-5-7-9-13/h5-9,12H,3-4,10-11H2,1-2H3. The van der Waals surface area contributed by atoms with Gasteiger partial charge in [-0.05, 0) is 24.0 Å². The molecule has 2 aromatic rings. The smallest absolute Gasteiger partial charge is 0.0528 e. The topological polar surface area (TPSA) is 17.8 Å². The maximum Gasteiger partial charge on any atom is 0.0528 e. The normalized spacial score (nSPS) is 10.7. The molecule has 0 spiro atoms. The lowest BCUT2D eigenvalue weighted by molar-refractivity contribution is 0.576. The second-order valence-corrected chi connectivity index (χ2v) is 4.36. The highest BCUT2D eigenvalue weighted by Gasteiger charge is 2.08. The van der Waals surface area contributed by atoms with Gasteiger partial charge in [0.05, 0.1) is 6.20 Å². The quantitative estimate of drug-likeness (QED) is 0.766. The number of hydrogen-bond donors (Lipinski definition) is 0. The lowest BCUT2D eigenvalue weighted by Gasteiger charge is -2.06. The van der Waals surface area contributed by atoms with E-state index in [1.165, 1.54) is 16.8 Å². The molecule has 0 atom stereocenters. The van der Waals surface area contributed by atoms with Gasteiger partial charge in [0.25, 0.3) is 0 Å². The molecular weight excluding hydrogens is 208 g/mol. The van der Waals surface area contributed by atoms with Gasteiger partial charge in [-0.1, -0.05) is 44.2 Å². The van der Waals surface area contributed by atoms with Crippen LogP contribution in [0.15, 0.2) is 36.5 Å². The molecule has 0 fully saturated rings. The fraction of sp³-hybridized carbons (Fsp3) is 0.400. The average molecular weight is 228 g/mol. The molecule has 90 valence electrons. The van der Waals surface area contributed by atoms with Crippen molar-refractivity contribution in [3.05, 3.63) is 53.3 Å². The molecule has 0 radical (unpaired) electrons. The molecule has 0 aliphatic rings. The summed E-state index contributed by atoms with van der Waals surface area (Å²) in [7, 11) is 0. The summed E-state index contributed by atoms with van der Waals surface area (Å²) in [5, 5.41) is 4.49. The fourth-order valence-corrected chi connectivity index (χ4v) is 2.23. The largest absolute Gasteiger partial charge is 0.269 e. The van der Waals surface area contributed by atoms with E-state index < -0.39 is 0 Å². The molecule has 2 nitrogen and oxygen atoms in total. The average Bonchev–Trinajstić information content (AvgIpc) is 2.73. The molecule has 2 rings (SSSR count). The zero-order chi connectivity index (χ0) is 12.1. The summed E-state index contributed by atoms with van der Waals surface area (Å²) in [6.45, 7) is 5.42. The summed E-state index contributed by atoms with van der Waals surface area (Å²) in [6, 6.07) is 10.6. The van der Waals surface area contributed by atoms with Crippen molar-refractivity contribution >= 4 is 0 Å². The third kappa shape index (κ3) is 2.76. The SMILES string of the molecule is CCCn1ncc(Cc2ccccc2)c1CC. The van der Waals surface area contributed by atoms with E-state index in [4.69, 9.17) is 0 Å². The Kier molecular flexibility index (Phi) is 3.97. The van der Waals surface area contributed by atoms with Crippen LogP contribution in [0.5, 0.6) is 0 Å². The van der Waals surface area contributed by atoms with Crippen LogP contribution >= 0.6 is 0 Å². The molecule has 1 aromatic heterocycles. The Hall–Kier alpha value is -1.57. The third-order valence-corrected chi connectivity index (χ3v) is 3.04. The summed E-state index contributed by atoms with van der Waals surface area (Å²) >= 11 is 0. The predicted molar refractivity (Wildman–Crippen MR) is 71.1 cm³/mol. The van der Waals surface area contributed by atoms with Gasteiger partial charge in [-0.15, -0.1) is 0 Å². The molecule has 1 aromatic carbocycles. The van der Waals surface area contributed by atoms with Crippen molar-refractivity contribution < 1.29 is 0 Å². The Morgan fingerprint density at radius 2 is 1.88 bits per heavy atom. The van der Waals surface area contributed by atoms with E-state index in [1.54, 1.807) is 0 Å². The van der Waals surface area contributed by atoms with E-state index >= 15 is 0 Å². The molecule has 0 aliphatic carbocycles. The fourth-order valence-electron chi connectivity index (χ4n) is 2.23. The zero-order valence-corrected chi connectivity index (χ0v) is 10.7. The minimum absolute atomic E-state index is 0.994. The van der Waals surface area contributed by atoms with Gasteiger partial charge in [0.2, 0.25) is 0 Å². The Labute approximate surface area is 103 Å². The van der Waals surface area contributed by atoms with Crippen LogP contribution in [0, 0.1) is 0 Å².